The molecule has 0 aromatic heterocycles. The minimum atomic E-state index is -4.52. The Morgan fingerprint density at radius 2 is 1.67 bits per heavy atom. The number of benzene rings is 1. The Morgan fingerprint density at radius 3 is 2.12 bits per heavy atom. The molecule has 1 saturated heterocycles. The zero-order chi connectivity index (χ0) is 18.0. The third-order valence-electron chi connectivity index (χ3n) is 3.68. The van der Waals surface area contributed by atoms with Gasteiger partial charge in [-0.3, -0.25) is 4.79 Å². The molecule has 0 saturated carbocycles. The lowest BCUT2D eigenvalue weighted by Gasteiger charge is -2.33. The molecule has 1 aliphatic rings. The topological polar surface area (TPSA) is 66.9 Å². The van der Waals surface area contributed by atoms with Crippen molar-refractivity contribution in [2.24, 2.45) is 0 Å². The monoisotopic (exact) mass is 366 g/mol. The van der Waals surface area contributed by atoms with Gasteiger partial charge in [-0.15, -0.1) is 0 Å². The van der Waals surface area contributed by atoms with Gasteiger partial charge in [0.15, 0.2) is 0 Å². The molecule has 10 heteroatoms. The SMILES string of the molecule is COCC(=O)N1CCN(S(=O)(=O)c2ccc(C(F)(F)F)cc2)CC1. The van der Waals surface area contributed by atoms with E-state index in [1.807, 2.05) is 0 Å². The van der Waals surface area contributed by atoms with Crippen LogP contribution in [-0.4, -0.2) is 63.4 Å². The van der Waals surface area contributed by atoms with E-state index in [1.54, 1.807) is 0 Å². The van der Waals surface area contributed by atoms with Crippen LogP contribution in [0, 0.1) is 0 Å². The molecule has 24 heavy (non-hydrogen) atoms. The van der Waals surface area contributed by atoms with Crippen LogP contribution in [-0.2, 0) is 25.7 Å². The lowest BCUT2D eigenvalue weighted by atomic mass is 10.2. The number of hydrogen-bond acceptors (Lipinski definition) is 4. The van der Waals surface area contributed by atoms with Gasteiger partial charge >= 0.3 is 6.18 Å². The van der Waals surface area contributed by atoms with E-state index in [0.29, 0.717) is 0 Å². The molecule has 1 amide bonds. The van der Waals surface area contributed by atoms with Crippen molar-refractivity contribution in [3.05, 3.63) is 29.8 Å². The fourth-order valence-corrected chi connectivity index (χ4v) is 3.78. The Labute approximate surface area is 137 Å². The second-order valence-electron chi connectivity index (χ2n) is 5.24. The Hall–Kier alpha value is -1.65. The first kappa shape index (κ1) is 18.7. The van der Waals surface area contributed by atoms with Crippen molar-refractivity contribution in [2.75, 3.05) is 39.9 Å². The van der Waals surface area contributed by atoms with Gasteiger partial charge in [-0.05, 0) is 24.3 Å². The molecule has 1 aromatic rings. The van der Waals surface area contributed by atoms with Crippen LogP contribution in [0.1, 0.15) is 5.56 Å². The van der Waals surface area contributed by atoms with Gasteiger partial charge in [-0.2, -0.15) is 17.5 Å². The van der Waals surface area contributed by atoms with E-state index >= 15 is 0 Å². The first-order valence-corrected chi connectivity index (χ1v) is 8.54. The number of amides is 1. The van der Waals surface area contributed by atoms with Crippen molar-refractivity contribution in [1.82, 2.24) is 9.21 Å². The van der Waals surface area contributed by atoms with Gasteiger partial charge in [0.05, 0.1) is 10.5 Å². The van der Waals surface area contributed by atoms with Crippen molar-refractivity contribution < 1.29 is 31.1 Å². The predicted octanol–water partition coefficient (Wildman–Crippen LogP) is 1.18. The number of carbonyl (C=O) groups is 1. The van der Waals surface area contributed by atoms with Crippen molar-refractivity contribution in [3.63, 3.8) is 0 Å². The third kappa shape index (κ3) is 4.05. The highest BCUT2D eigenvalue weighted by atomic mass is 32.2. The number of nitrogens with zero attached hydrogens (tertiary/aromatic N) is 2. The lowest BCUT2D eigenvalue weighted by Crippen LogP contribution is -2.51. The van der Waals surface area contributed by atoms with Gasteiger partial charge in [0.25, 0.3) is 0 Å². The average Bonchev–Trinajstić information content (AvgIpc) is 2.54. The minimum absolute atomic E-state index is 0.0777. The van der Waals surface area contributed by atoms with Crippen LogP contribution in [0.4, 0.5) is 13.2 Å². The Balaban J connectivity index is 2.08. The van der Waals surface area contributed by atoms with Gasteiger partial charge in [-0.25, -0.2) is 8.42 Å². The molecule has 0 unspecified atom stereocenters. The summed E-state index contributed by atoms with van der Waals surface area (Å²) in [7, 11) is -2.50. The van der Waals surface area contributed by atoms with E-state index in [9.17, 15) is 26.4 Å². The molecule has 0 spiro atoms. The predicted molar refractivity (Wildman–Crippen MR) is 78.7 cm³/mol. The molecule has 0 bridgehead atoms. The molecule has 0 N–H and O–H groups in total. The molecular formula is C14H17F3N2O4S. The number of methoxy groups -OCH3 is 1. The number of piperazine rings is 1. The first-order valence-electron chi connectivity index (χ1n) is 7.10. The zero-order valence-corrected chi connectivity index (χ0v) is 13.7. The number of ether oxygens (including phenoxy) is 1. The van der Waals surface area contributed by atoms with Gasteiger partial charge in [0.2, 0.25) is 15.9 Å². The number of alkyl halides is 3. The molecule has 0 aliphatic carbocycles. The summed E-state index contributed by atoms with van der Waals surface area (Å²) in [4.78, 5) is 13.0. The van der Waals surface area contributed by atoms with Crippen LogP contribution in [0.15, 0.2) is 29.2 Å². The number of sulfonamides is 1. The first-order chi connectivity index (χ1) is 11.2. The molecule has 6 nitrogen and oxygen atoms in total. The van der Waals surface area contributed by atoms with Crippen LogP contribution in [0.3, 0.4) is 0 Å². The highest BCUT2D eigenvalue weighted by Crippen LogP contribution is 2.30. The second kappa shape index (κ2) is 7.08. The minimum Gasteiger partial charge on any atom is -0.375 e. The number of hydrogen-bond donors (Lipinski definition) is 0. The molecule has 134 valence electrons. The summed E-state index contributed by atoms with van der Waals surface area (Å²) in [5.74, 6) is -0.232. The smallest absolute Gasteiger partial charge is 0.375 e. The van der Waals surface area contributed by atoms with Crippen LogP contribution in [0.5, 0.6) is 0 Å². The van der Waals surface area contributed by atoms with Crippen LogP contribution in [0.2, 0.25) is 0 Å². The maximum atomic E-state index is 12.5. The summed E-state index contributed by atoms with van der Waals surface area (Å²) in [6, 6.07) is 3.37. The molecule has 1 heterocycles. The molecular weight excluding hydrogens is 349 g/mol. The molecule has 1 aliphatic heterocycles. The second-order valence-corrected chi connectivity index (χ2v) is 7.18. The van der Waals surface area contributed by atoms with E-state index in [1.165, 1.54) is 12.0 Å². The fourth-order valence-electron chi connectivity index (χ4n) is 2.36. The summed E-state index contributed by atoms with van der Waals surface area (Å²) in [6.07, 6.45) is -4.52. The standard InChI is InChI=1S/C14H17F3N2O4S/c1-23-10-13(20)18-6-8-19(9-7-18)24(21,22)12-4-2-11(3-5-12)14(15,16)17/h2-5H,6-10H2,1H3. The normalized spacial score (nSPS) is 17.1. The Morgan fingerprint density at radius 1 is 1.12 bits per heavy atom. The molecule has 0 radical (unpaired) electrons. The van der Waals surface area contributed by atoms with Crippen molar-refractivity contribution in [3.8, 4) is 0 Å². The molecule has 2 rings (SSSR count). The maximum Gasteiger partial charge on any atom is 0.416 e. The Kier molecular flexibility index (Phi) is 5.51. The van der Waals surface area contributed by atoms with Gasteiger partial charge < -0.3 is 9.64 Å². The van der Waals surface area contributed by atoms with E-state index in [-0.39, 0.29) is 43.6 Å². The van der Waals surface area contributed by atoms with Crippen LogP contribution >= 0.6 is 0 Å². The third-order valence-corrected chi connectivity index (χ3v) is 5.59. The number of halogens is 3. The number of rotatable bonds is 4. The summed E-state index contributed by atoms with van der Waals surface area (Å²) in [6.45, 7) is 0.507. The van der Waals surface area contributed by atoms with Crippen LogP contribution in [0.25, 0.3) is 0 Å². The van der Waals surface area contributed by atoms with Gasteiger partial charge in [0.1, 0.15) is 6.61 Å². The highest BCUT2D eigenvalue weighted by molar-refractivity contribution is 7.89. The van der Waals surface area contributed by atoms with Crippen molar-refractivity contribution in [1.29, 1.82) is 0 Å². The van der Waals surface area contributed by atoms with E-state index in [0.717, 1.165) is 28.6 Å². The zero-order valence-electron chi connectivity index (χ0n) is 12.9. The quantitative estimate of drug-likeness (QED) is 0.803. The maximum absolute atomic E-state index is 12.5. The highest BCUT2D eigenvalue weighted by Gasteiger charge is 2.33. The lowest BCUT2D eigenvalue weighted by molar-refractivity contribution is -0.137. The van der Waals surface area contributed by atoms with E-state index in [2.05, 4.69) is 0 Å². The largest absolute Gasteiger partial charge is 0.416 e. The fraction of sp³-hybridized carbons (Fsp3) is 0.500. The average molecular weight is 366 g/mol. The van der Waals surface area contributed by atoms with Crippen molar-refractivity contribution in [2.45, 2.75) is 11.1 Å². The number of carbonyl (C=O) groups excluding carboxylic acids is 1. The van der Waals surface area contributed by atoms with Gasteiger partial charge in [-0.1, -0.05) is 0 Å². The molecule has 1 aromatic carbocycles. The molecule has 1 fully saturated rings. The summed E-state index contributed by atoms with van der Waals surface area (Å²) >= 11 is 0. The van der Waals surface area contributed by atoms with Crippen LogP contribution < -0.4 is 0 Å². The summed E-state index contributed by atoms with van der Waals surface area (Å²) < 4.78 is 68.5. The molecule has 0 atom stereocenters. The Bertz CT molecular complexity index is 681. The summed E-state index contributed by atoms with van der Waals surface area (Å²) in [5.41, 5.74) is -0.906. The van der Waals surface area contributed by atoms with Crippen molar-refractivity contribution >= 4 is 15.9 Å². The van der Waals surface area contributed by atoms with E-state index < -0.39 is 21.8 Å². The van der Waals surface area contributed by atoms with Gasteiger partial charge in [0, 0.05) is 33.3 Å². The summed E-state index contributed by atoms with van der Waals surface area (Å²) in [5, 5.41) is 0. The van der Waals surface area contributed by atoms with E-state index in [4.69, 9.17) is 4.74 Å².